The minimum absolute atomic E-state index is 0.445. The SMILES string of the molecule is CO[C@@H](C=O)[C@H](O)CO. The van der Waals surface area contributed by atoms with Crippen molar-refractivity contribution in [3.05, 3.63) is 0 Å². The standard InChI is InChI=1S/C5H10O4/c1-9-5(3-7)4(8)2-6/h3-6,8H,2H2,1H3/t4-,5+/m1/s1. The third-order valence-electron chi connectivity index (χ3n) is 0.973. The largest absolute Gasteiger partial charge is 0.394 e. The van der Waals surface area contributed by atoms with Gasteiger partial charge in [0.2, 0.25) is 0 Å². The van der Waals surface area contributed by atoms with E-state index < -0.39 is 18.8 Å². The van der Waals surface area contributed by atoms with Crippen molar-refractivity contribution < 1.29 is 19.7 Å². The first kappa shape index (κ1) is 8.55. The van der Waals surface area contributed by atoms with E-state index in [9.17, 15) is 4.79 Å². The molecule has 2 atom stereocenters. The molecule has 0 aliphatic heterocycles. The Morgan fingerprint density at radius 1 is 1.78 bits per heavy atom. The van der Waals surface area contributed by atoms with E-state index in [1.54, 1.807) is 0 Å². The molecule has 54 valence electrons. The van der Waals surface area contributed by atoms with Crippen molar-refractivity contribution in [2.45, 2.75) is 12.2 Å². The minimum atomic E-state index is -1.10. The van der Waals surface area contributed by atoms with E-state index in [0.29, 0.717) is 6.29 Å². The molecule has 0 amide bonds. The van der Waals surface area contributed by atoms with Crippen LogP contribution >= 0.6 is 0 Å². The van der Waals surface area contributed by atoms with E-state index in [0.717, 1.165) is 0 Å². The molecule has 0 saturated heterocycles. The number of aliphatic hydroxyl groups is 2. The predicted octanol–water partition coefficient (Wildman–Crippen LogP) is -1.45. The van der Waals surface area contributed by atoms with E-state index in [4.69, 9.17) is 10.2 Å². The summed E-state index contributed by atoms with van der Waals surface area (Å²) in [5, 5.41) is 17.0. The second-order valence-corrected chi connectivity index (χ2v) is 1.59. The van der Waals surface area contributed by atoms with E-state index in [1.807, 2.05) is 0 Å². The van der Waals surface area contributed by atoms with E-state index in [-0.39, 0.29) is 0 Å². The maximum atomic E-state index is 9.94. The summed E-state index contributed by atoms with van der Waals surface area (Å²) in [4.78, 5) is 9.94. The molecule has 0 aromatic carbocycles. The van der Waals surface area contributed by atoms with Crippen molar-refractivity contribution in [1.29, 1.82) is 0 Å². The zero-order chi connectivity index (χ0) is 7.28. The zero-order valence-electron chi connectivity index (χ0n) is 5.15. The Labute approximate surface area is 53.1 Å². The van der Waals surface area contributed by atoms with Crippen LogP contribution in [0.5, 0.6) is 0 Å². The fraction of sp³-hybridized carbons (Fsp3) is 0.800. The Balaban J connectivity index is 3.63. The number of aldehydes is 1. The summed E-state index contributed by atoms with van der Waals surface area (Å²) < 4.78 is 4.47. The molecule has 0 bridgehead atoms. The van der Waals surface area contributed by atoms with Gasteiger partial charge in [0.15, 0.2) is 6.29 Å². The number of rotatable bonds is 4. The molecule has 0 heterocycles. The topological polar surface area (TPSA) is 66.8 Å². The van der Waals surface area contributed by atoms with Gasteiger partial charge in [0.1, 0.15) is 12.2 Å². The number of methoxy groups -OCH3 is 1. The Bertz CT molecular complexity index is 83.0. The highest BCUT2D eigenvalue weighted by Crippen LogP contribution is 1.92. The summed E-state index contributed by atoms with van der Waals surface area (Å²) in [5.41, 5.74) is 0. The molecular weight excluding hydrogens is 124 g/mol. The Morgan fingerprint density at radius 3 is 2.44 bits per heavy atom. The van der Waals surface area contributed by atoms with Gasteiger partial charge in [-0.3, -0.25) is 0 Å². The Morgan fingerprint density at radius 2 is 2.33 bits per heavy atom. The quantitative estimate of drug-likeness (QED) is 0.462. The van der Waals surface area contributed by atoms with Gasteiger partial charge in [-0.05, 0) is 0 Å². The van der Waals surface area contributed by atoms with Crippen LogP contribution in [0.2, 0.25) is 0 Å². The number of carbonyl (C=O) groups is 1. The van der Waals surface area contributed by atoms with Gasteiger partial charge in [-0.25, -0.2) is 0 Å². The number of carbonyl (C=O) groups excluding carboxylic acids is 1. The second-order valence-electron chi connectivity index (χ2n) is 1.59. The van der Waals surface area contributed by atoms with Crippen molar-refractivity contribution in [2.75, 3.05) is 13.7 Å². The van der Waals surface area contributed by atoms with Crippen LogP contribution < -0.4 is 0 Å². The Hall–Kier alpha value is -0.450. The molecule has 2 N–H and O–H groups in total. The van der Waals surface area contributed by atoms with Crippen molar-refractivity contribution in [3.8, 4) is 0 Å². The lowest BCUT2D eigenvalue weighted by Gasteiger charge is -2.12. The third-order valence-corrected chi connectivity index (χ3v) is 0.973. The molecule has 0 radical (unpaired) electrons. The maximum Gasteiger partial charge on any atom is 0.151 e. The van der Waals surface area contributed by atoms with Crippen molar-refractivity contribution in [3.63, 3.8) is 0 Å². The summed E-state index contributed by atoms with van der Waals surface area (Å²) >= 11 is 0. The highest BCUT2D eigenvalue weighted by atomic mass is 16.5. The van der Waals surface area contributed by atoms with Crippen LogP contribution in [0.15, 0.2) is 0 Å². The lowest BCUT2D eigenvalue weighted by atomic mass is 10.2. The van der Waals surface area contributed by atoms with Gasteiger partial charge in [0, 0.05) is 7.11 Å². The van der Waals surface area contributed by atoms with Gasteiger partial charge >= 0.3 is 0 Å². The molecule has 4 nitrogen and oxygen atoms in total. The summed E-state index contributed by atoms with van der Waals surface area (Å²) in [5.74, 6) is 0. The van der Waals surface area contributed by atoms with Gasteiger partial charge in [-0.1, -0.05) is 0 Å². The molecule has 0 aromatic rings. The molecular formula is C5H10O4. The van der Waals surface area contributed by atoms with E-state index >= 15 is 0 Å². The summed E-state index contributed by atoms with van der Waals surface area (Å²) in [6.07, 6.45) is -1.57. The molecule has 0 saturated carbocycles. The summed E-state index contributed by atoms with van der Waals surface area (Å²) in [7, 11) is 1.29. The van der Waals surface area contributed by atoms with Gasteiger partial charge in [0.05, 0.1) is 6.61 Å². The molecule has 0 spiro atoms. The summed E-state index contributed by atoms with van der Waals surface area (Å²) in [6, 6.07) is 0. The lowest BCUT2D eigenvalue weighted by Crippen LogP contribution is -2.32. The van der Waals surface area contributed by atoms with Gasteiger partial charge < -0.3 is 19.7 Å². The number of ether oxygens (including phenoxy) is 1. The predicted molar refractivity (Wildman–Crippen MR) is 30.0 cm³/mol. The fourth-order valence-corrected chi connectivity index (χ4v) is 0.407. The zero-order valence-corrected chi connectivity index (χ0v) is 5.15. The molecule has 0 unspecified atom stereocenters. The highest BCUT2D eigenvalue weighted by molar-refractivity contribution is 5.56. The van der Waals surface area contributed by atoms with Gasteiger partial charge in [-0.2, -0.15) is 0 Å². The van der Waals surface area contributed by atoms with Crippen molar-refractivity contribution >= 4 is 6.29 Å². The van der Waals surface area contributed by atoms with Crippen LogP contribution in [0.25, 0.3) is 0 Å². The number of hydrogen-bond donors (Lipinski definition) is 2. The molecule has 0 fully saturated rings. The average molecular weight is 134 g/mol. The molecule has 0 aliphatic rings. The molecule has 0 rings (SSSR count). The van der Waals surface area contributed by atoms with Crippen molar-refractivity contribution in [2.24, 2.45) is 0 Å². The maximum absolute atomic E-state index is 9.94. The average Bonchev–Trinajstić information content (AvgIpc) is 1.90. The lowest BCUT2D eigenvalue weighted by molar-refractivity contribution is -0.124. The van der Waals surface area contributed by atoms with E-state index in [1.165, 1.54) is 7.11 Å². The Kier molecular flexibility index (Phi) is 4.21. The first-order valence-electron chi connectivity index (χ1n) is 2.53. The molecule has 4 heteroatoms. The number of hydrogen-bond acceptors (Lipinski definition) is 4. The van der Waals surface area contributed by atoms with Crippen LogP contribution in [0.3, 0.4) is 0 Å². The summed E-state index contributed by atoms with van der Waals surface area (Å²) in [6.45, 7) is -0.461. The highest BCUT2D eigenvalue weighted by Gasteiger charge is 2.15. The third kappa shape index (κ3) is 2.55. The monoisotopic (exact) mass is 134 g/mol. The molecule has 0 aromatic heterocycles. The van der Waals surface area contributed by atoms with Gasteiger partial charge in [0.25, 0.3) is 0 Å². The minimum Gasteiger partial charge on any atom is -0.394 e. The fourth-order valence-electron chi connectivity index (χ4n) is 0.407. The first-order valence-corrected chi connectivity index (χ1v) is 2.53. The first-order chi connectivity index (χ1) is 4.26. The van der Waals surface area contributed by atoms with Crippen LogP contribution in [0, 0.1) is 0 Å². The molecule has 0 aliphatic carbocycles. The normalized spacial score (nSPS) is 16.8. The van der Waals surface area contributed by atoms with Crippen LogP contribution in [0.1, 0.15) is 0 Å². The van der Waals surface area contributed by atoms with Crippen LogP contribution in [0.4, 0.5) is 0 Å². The van der Waals surface area contributed by atoms with Gasteiger partial charge in [-0.15, -0.1) is 0 Å². The van der Waals surface area contributed by atoms with Crippen LogP contribution in [-0.2, 0) is 9.53 Å². The van der Waals surface area contributed by atoms with Crippen molar-refractivity contribution in [1.82, 2.24) is 0 Å². The second kappa shape index (κ2) is 4.43. The number of aliphatic hydroxyl groups excluding tert-OH is 2. The van der Waals surface area contributed by atoms with E-state index in [2.05, 4.69) is 4.74 Å². The van der Waals surface area contributed by atoms with Crippen LogP contribution in [-0.4, -0.2) is 42.4 Å². The molecule has 9 heavy (non-hydrogen) atoms. The smallest absolute Gasteiger partial charge is 0.151 e.